The fraction of sp³-hybridized carbons (Fsp3) is 0.556. The van der Waals surface area contributed by atoms with E-state index in [1.807, 2.05) is 60.7 Å². The number of piperidine rings is 2. The Morgan fingerprint density at radius 1 is 0.640 bits per heavy atom. The smallest absolute Gasteiger partial charge is 0.410 e. The Balaban J connectivity index is 0.000000270. The first kappa shape index (κ1) is 39.8. The number of benzene rings is 2. The van der Waals surface area contributed by atoms with Gasteiger partial charge in [-0.2, -0.15) is 0 Å². The van der Waals surface area contributed by atoms with Crippen molar-refractivity contribution in [1.82, 2.24) is 20.4 Å². The predicted molar refractivity (Wildman–Crippen MR) is 182 cm³/mol. The summed E-state index contributed by atoms with van der Waals surface area (Å²) in [7, 11) is 0. The summed E-state index contributed by atoms with van der Waals surface area (Å²) in [6.45, 7) is 11.3. The minimum absolute atomic E-state index is 0.0496. The first-order chi connectivity index (χ1) is 23.5. The molecule has 0 bridgehead atoms. The normalized spacial score (nSPS) is 20.7. The molecule has 2 aromatic rings. The van der Waals surface area contributed by atoms with Gasteiger partial charge in [-0.25, -0.2) is 28.0 Å². The fourth-order valence-electron chi connectivity index (χ4n) is 4.99. The minimum atomic E-state index is -1.23. The molecule has 0 radical (unpaired) electrons. The van der Waals surface area contributed by atoms with E-state index in [0.717, 1.165) is 11.1 Å². The first-order valence-corrected chi connectivity index (χ1v) is 16.7. The molecule has 0 spiro atoms. The van der Waals surface area contributed by atoms with Crippen molar-refractivity contribution < 1.29 is 46.9 Å². The van der Waals surface area contributed by atoms with Gasteiger partial charge in [0, 0.05) is 26.2 Å². The van der Waals surface area contributed by atoms with E-state index in [-0.39, 0.29) is 52.2 Å². The standard InChI is InChI=1S/2C18H25FN2O4/c2*1-18(2,3)25-16(22)20-15-11-21(10-9-14(15)19)17(23)24-12-13-7-5-4-6-8-13/h2*4-8,14-15H,9-12H2,1-3H3,(H,20,22)/t2*14-,15-/m10/s1. The summed E-state index contributed by atoms with van der Waals surface area (Å²) in [4.78, 5) is 50.8. The molecule has 0 aliphatic carbocycles. The molecule has 50 heavy (non-hydrogen) atoms. The van der Waals surface area contributed by atoms with Crippen LogP contribution in [0.1, 0.15) is 65.5 Å². The number of nitrogens with one attached hydrogen (secondary N) is 2. The van der Waals surface area contributed by atoms with Crippen LogP contribution < -0.4 is 10.6 Å². The highest BCUT2D eigenvalue weighted by Gasteiger charge is 2.35. The summed E-state index contributed by atoms with van der Waals surface area (Å²) >= 11 is 0. The molecule has 4 amide bonds. The van der Waals surface area contributed by atoms with Gasteiger partial charge in [-0.15, -0.1) is 0 Å². The summed E-state index contributed by atoms with van der Waals surface area (Å²) in [6, 6.07) is 17.0. The highest BCUT2D eigenvalue weighted by molar-refractivity contribution is 5.70. The SMILES string of the molecule is CC(C)(C)OC(=O)N[C@@H]1CN(C(=O)OCc2ccccc2)CC[C@H]1F.CC(C)(C)OC(=O)N[C@H]1CN(C(=O)OCc2ccccc2)CC[C@@H]1F. The maximum absolute atomic E-state index is 14.1. The van der Waals surface area contributed by atoms with Gasteiger partial charge in [-0.3, -0.25) is 0 Å². The van der Waals surface area contributed by atoms with Crippen LogP contribution in [0.5, 0.6) is 0 Å². The third-order valence-electron chi connectivity index (χ3n) is 7.39. The molecule has 12 nitrogen and oxygen atoms in total. The van der Waals surface area contributed by atoms with Crippen LogP contribution in [0.25, 0.3) is 0 Å². The Labute approximate surface area is 292 Å². The second kappa shape index (κ2) is 18.4. The van der Waals surface area contributed by atoms with E-state index in [1.165, 1.54) is 9.80 Å². The number of carbonyl (C=O) groups is 4. The number of alkyl halides is 2. The molecule has 2 heterocycles. The molecule has 14 heteroatoms. The first-order valence-electron chi connectivity index (χ1n) is 16.7. The zero-order valence-electron chi connectivity index (χ0n) is 29.7. The van der Waals surface area contributed by atoms with Crippen LogP contribution in [-0.4, -0.2) is 96.0 Å². The maximum atomic E-state index is 14.1. The van der Waals surface area contributed by atoms with Crippen molar-refractivity contribution in [1.29, 1.82) is 0 Å². The van der Waals surface area contributed by atoms with Crippen LogP contribution in [0, 0.1) is 0 Å². The van der Waals surface area contributed by atoms with E-state index in [9.17, 15) is 28.0 Å². The summed E-state index contributed by atoms with van der Waals surface area (Å²) in [5, 5.41) is 5.00. The average molecular weight is 705 g/mol. The topological polar surface area (TPSA) is 136 Å². The summed E-state index contributed by atoms with van der Waals surface area (Å²) < 4.78 is 49.0. The minimum Gasteiger partial charge on any atom is -0.445 e. The molecule has 276 valence electrons. The largest absolute Gasteiger partial charge is 0.445 e. The number of rotatable bonds is 6. The van der Waals surface area contributed by atoms with Crippen LogP contribution in [0.3, 0.4) is 0 Å². The number of hydrogen-bond acceptors (Lipinski definition) is 8. The van der Waals surface area contributed by atoms with Crippen LogP contribution in [0.2, 0.25) is 0 Å². The number of hydrogen-bond donors (Lipinski definition) is 2. The summed E-state index contributed by atoms with van der Waals surface area (Å²) in [6.07, 6.45) is -4.61. The molecule has 0 unspecified atom stereocenters. The van der Waals surface area contributed by atoms with Gasteiger partial charge in [0.25, 0.3) is 0 Å². The lowest BCUT2D eigenvalue weighted by atomic mass is 10.0. The third kappa shape index (κ3) is 14.5. The molecular weight excluding hydrogens is 654 g/mol. The lowest BCUT2D eigenvalue weighted by Crippen LogP contribution is -2.55. The molecule has 4 rings (SSSR count). The lowest BCUT2D eigenvalue weighted by molar-refractivity contribution is 0.0351. The molecule has 2 saturated heterocycles. The van der Waals surface area contributed by atoms with Gasteiger partial charge < -0.3 is 39.4 Å². The van der Waals surface area contributed by atoms with E-state index < -0.39 is 60.0 Å². The van der Waals surface area contributed by atoms with E-state index in [0.29, 0.717) is 0 Å². The van der Waals surface area contributed by atoms with Crippen molar-refractivity contribution in [3.8, 4) is 0 Å². The monoisotopic (exact) mass is 704 g/mol. The lowest BCUT2D eigenvalue weighted by Gasteiger charge is -2.35. The number of carbonyl (C=O) groups excluding carboxylic acids is 4. The number of likely N-dealkylation sites (tertiary alicyclic amines) is 2. The Hall–Kier alpha value is -4.62. The van der Waals surface area contributed by atoms with Crippen molar-refractivity contribution >= 4 is 24.4 Å². The van der Waals surface area contributed by atoms with Crippen LogP contribution in [0.15, 0.2) is 60.7 Å². The molecule has 0 aromatic heterocycles. The molecule has 2 aromatic carbocycles. The number of halogens is 2. The van der Waals surface area contributed by atoms with Crippen molar-refractivity contribution in [2.24, 2.45) is 0 Å². The van der Waals surface area contributed by atoms with Crippen molar-refractivity contribution in [2.45, 2.75) is 103 Å². The molecule has 2 aliphatic heterocycles. The van der Waals surface area contributed by atoms with Gasteiger partial charge in [-0.05, 0) is 65.5 Å². The number of nitrogens with zero attached hydrogens (tertiary/aromatic N) is 2. The number of alkyl carbamates (subject to hydrolysis) is 2. The fourth-order valence-corrected chi connectivity index (χ4v) is 4.99. The van der Waals surface area contributed by atoms with Crippen molar-refractivity contribution in [3.63, 3.8) is 0 Å². The second-order valence-electron chi connectivity index (χ2n) is 14.1. The van der Waals surface area contributed by atoms with Gasteiger partial charge in [0.2, 0.25) is 0 Å². The van der Waals surface area contributed by atoms with Crippen LogP contribution >= 0.6 is 0 Å². The molecule has 2 aliphatic rings. The van der Waals surface area contributed by atoms with Gasteiger partial charge in [0.15, 0.2) is 0 Å². The molecule has 0 saturated carbocycles. The van der Waals surface area contributed by atoms with Crippen molar-refractivity contribution in [2.75, 3.05) is 26.2 Å². The molecular formula is C36H50F2N4O8. The van der Waals surface area contributed by atoms with Gasteiger partial charge in [-0.1, -0.05) is 60.7 Å². The zero-order chi connectivity index (χ0) is 36.9. The molecule has 2 N–H and O–H groups in total. The quantitative estimate of drug-likeness (QED) is 0.325. The van der Waals surface area contributed by atoms with E-state index in [2.05, 4.69) is 10.6 Å². The average Bonchev–Trinajstić information content (AvgIpc) is 3.04. The van der Waals surface area contributed by atoms with Gasteiger partial charge >= 0.3 is 24.4 Å². The molecule has 4 atom stereocenters. The molecule has 2 fully saturated rings. The Bertz CT molecular complexity index is 1280. The van der Waals surface area contributed by atoms with E-state index >= 15 is 0 Å². The van der Waals surface area contributed by atoms with E-state index in [1.54, 1.807) is 41.5 Å². The number of ether oxygens (including phenoxy) is 4. The third-order valence-corrected chi connectivity index (χ3v) is 7.39. The van der Waals surface area contributed by atoms with Gasteiger partial charge in [0.05, 0.1) is 12.1 Å². The zero-order valence-corrected chi connectivity index (χ0v) is 29.7. The Morgan fingerprint density at radius 2 is 0.980 bits per heavy atom. The van der Waals surface area contributed by atoms with Crippen molar-refractivity contribution in [3.05, 3.63) is 71.8 Å². The maximum Gasteiger partial charge on any atom is 0.410 e. The Morgan fingerprint density at radius 3 is 1.30 bits per heavy atom. The van der Waals surface area contributed by atoms with Crippen LogP contribution in [0.4, 0.5) is 28.0 Å². The second-order valence-corrected chi connectivity index (χ2v) is 14.1. The number of amides is 4. The summed E-state index contributed by atoms with van der Waals surface area (Å²) in [5.41, 5.74) is 0.414. The highest BCUT2D eigenvalue weighted by Crippen LogP contribution is 2.19. The predicted octanol–water partition coefficient (Wildman–Crippen LogP) is 6.52. The van der Waals surface area contributed by atoms with Crippen LogP contribution in [-0.2, 0) is 32.2 Å². The Kier molecular flexibility index (Phi) is 14.6. The summed E-state index contributed by atoms with van der Waals surface area (Å²) in [5.74, 6) is 0. The van der Waals surface area contributed by atoms with Gasteiger partial charge in [0.1, 0.15) is 36.8 Å². The van der Waals surface area contributed by atoms with E-state index in [4.69, 9.17) is 18.9 Å². The highest BCUT2D eigenvalue weighted by atomic mass is 19.1.